The molecule has 0 saturated heterocycles. The lowest BCUT2D eigenvalue weighted by atomic mass is 10.0. The lowest BCUT2D eigenvalue weighted by molar-refractivity contribution is -0.137. The number of benzene rings is 1. The number of rotatable bonds is 2. The van der Waals surface area contributed by atoms with Crippen molar-refractivity contribution in [2.24, 2.45) is 0 Å². The van der Waals surface area contributed by atoms with Gasteiger partial charge < -0.3 is 0 Å². The fourth-order valence-electron chi connectivity index (χ4n) is 1.80. The first-order chi connectivity index (χ1) is 9.43. The monoisotopic (exact) mass is 280 g/mol. The van der Waals surface area contributed by atoms with Gasteiger partial charge in [0.1, 0.15) is 5.82 Å². The molecule has 2 nitrogen and oxygen atoms in total. The van der Waals surface area contributed by atoms with E-state index < -0.39 is 17.6 Å². The van der Waals surface area contributed by atoms with Crippen molar-refractivity contribution >= 4 is 0 Å². The molecule has 6 heteroatoms. The van der Waals surface area contributed by atoms with Gasteiger partial charge in [-0.3, -0.25) is 4.98 Å². The van der Waals surface area contributed by atoms with E-state index in [1.807, 2.05) is 0 Å². The largest absolute Gasteiger partial charge is 0.417 e. The minimum Gasteiger partial charge on any atom is -0.256 e. The topological polar surface area (TPSA) is 36.7 Å². The van der Waals surface area contributed by atoms with Gasteiger partial charge >= 0.3 is 6.18 Å². The fraction of sp³-hybridized carbons (Fsp3) is 0.143. The van der Waals surface area contributed by atoms with Crippen LogP contribution in [0.3, 0.4) is 0 Å². The maximum Gasteiger partial charge on any atom is 0.417 e. The van der Waals surface area contributed by atoms with Crippen LogP contribution in [0.4, 0.5) is 17.6 Å². The van der Waals surface area contributed by atoms with Gasteiger partial charge in [-0.2, -0.15) is 18.4 Å². The third kappa shape index (κ3) is 2.77. The molecule has 1 aromatic carbocycles. The Morgan fingerprint density at radius 2 is 1.90 bits per heavy atom. The molecule has 0 fully saturated rings. The Balaban J connectivity index is 2.53. The number of hydrogen-bond donors (Lipinski definition) is 0. The number of nitrogens with zero attached hydrogens (tertiary/aromatic N) is 2. The molecule has 2 aromatic rings. The Kier molecular flexibility index (Phi) is 3.70. The van der Waals surface area contributed by atoms with Gasteiger partial charge in [0.15, 0.2) is 0 Å². The zero-order chi connectivity index (χ0) is 14.8. The third-order valence-corrected chi connectivity index (χ3v) is 2.71. The van der Waals surface area contributed by atoms with Crippen LogP contribution in [-0.2, 0) is 12.6 Å². The number of alkyl halides is 3. The van der Waals surface area contributed by atoms with Gasteiger partial charge in [0.2, 0.25) is 0 Å². The highest BCUT2D eigenvalue weighted by atomic mass is 19.4. The minimum atomic E-state index is -4.53. The summed E-state index contributed by atoms with van der Waals surface area (Å²) in [6.45, 7) is 0. The molecule has 0 unspecified atom stereocenters. The molecule has 1 aromatic heterocycles. The summed E-state index contributed by atoms with van der Waals surface area (Å²) in [4.78, 5) is 3.70. The van der Waals surface area contributed by atoms with Crippen LogP contribution in [0.15, 0.2) is 36.5 Å². The number of aromatic nitrogens is 1. The van der Waals surface area contributed by atoms with E-state index in [4.69, 9.17) is 5.26 Å². The summed E-state index contributed by atoms with van der Waals surface area (Å²) in [6.07, 6.45) is -3.62. The Morgan fingerprint density at radius 3 is 2.50 bits per heavy atom. The smallest absolute Gasteiger partial charge is 0.256 e. The van der Waals surface area contributed by atoms with Gasteiger partial charge in [-0.15, -0.1) is 0 Å². The van der Waals surface area contributed by atoms with Gasteiger partial charge in [-0.05, 0) is 17.7 Å². The van der Waals surface area contributed by atoms with Crippen LogP contribution in [-0.4, -0.2) is 4.98 Å². The second-order valence-corrected chi connectivity index (χ2v) is 4.03. The average Bonchev–Trinajstić information content (AvgIpc) is 2.40. The molecule has 0 aliphatic heterocycles. The Morgan fingerprint density at radius 1 is 1.20 bits per heavy atom. The number of nitriles is 1. The molecule has 0 atom stereocenters. The van der Waals surface area contributed by atoms with Crippen LogP contribution in [0.5, 0.6) is 0 Å². The van der Waals surface area contributed by atoms with Crippen molar-refractivity contribution in [2.75, 3.05) is 0 Å². The second-order valence-electron chi connectivity index (χ2n) is 4.03. The quantitative estimate of drug-likeness (QED) is 0.780. The minimum absolute atomic E-state index is 0.0251. The van der Waals surface area contributed by atoms with Crippen LogP contribution in [0.2, 0.25) is 0 Å². The molecule has 0 aliphatic carbocycles. The third-order valence-electron chi connectivity index (χ3n) is 2.71. The zero-order valence-electron chi connectivity index (χ0n) is 10.1. The molecule has 20 heavy (non-hydrogen) atoms. The van der Waals surface area contributed by atoms with Gasteiger partial charge in [0.25, 0.3) is 0 Å². The van der Waals surface area contributed by atoms with Gasteiger partial charge in [0, 0.05) is 11.8 Å². The maximum atomic E-state index is 13.7. The summed E-state index contributed by atoms with van der Waals surface area (Å²) >= 11 is 0. The second kappa shape index (κ2) is 5.29. The van der Waals surface area contributed by atoms with Crippen LogP contribution in [0, 0.1) is 17.1 Å². The normalized spacial score (nSPS) is 11.2. The SMILES string of the molecule is N#CCc1ncc(-c2ccccc2C(F)(F)F)cc1F. The first-order valence-electron chi connectivity index (χ1n) is 5.61. The molecule has 102 valence electrons. The summed E-state index contributed by atoms with van der Waals surface area (Å²) in [7, 11) is 0. The van der Waals surface area contributed by atoms with E-state index in [-0.39, 0.29) is 23.2 Å². The zero-order valence-corrected chi connectivity index (χ0v) is 10.1. The highest BCUT2D eigenvalue weighted by molar-refractivity contribution is 5.67. The van der Waals surface area contributed by atoms with Gasteiger partial charge in [-0.25, -0.2) is 4.39 Å². The van der Waals surface area contributed by atoms with Crippen molar-refractivity contribution in [3.63, 3.8) is 0 Å². The molecule has 1 heterocycles. The molecule has 2 rings (SSSR count). The summed E-state index contributed by atoms with van der Waals surface area (Å²) < 4.78 is 52.3. The summed E-state index contributed by atoms with van der Waals surface area (Å²) in [5.74, 6) is -0.791. The van der Waals surface area contributed by atoms with Gasteiger partial charge in [-0.1, -0.05) is 18.2 Å². The van der Waals surface area contributed by atoms with Crippen molar-refractivity contribution in [3.05, 3.63) is 53.6 Å². The lowest BCUT2D eigenvalue weighted by Crippen LogP contribution is -2.07. The van der Waals surface area contributed by atoms with Gasteiger partial charge in [0.05, 0.1) is 23.7 Å². The first-order valence-corrected chi connectivity index (χ1v) is 5.61. The highest BCUT2D eigenvalue weighted by Gasteiger charge is 2.33. The number of halogens is 4. The molecule has 0 N–H and O–H groups in total. The summed E-state index contributed by atoms with van der Waals surface area (Å²) in [5, 5.41) is 8.48. The van der Waals surface area contributed by atoms with E-state index in [9.17, 15) is 17.6 Å². The van der Waals surface area contributed by atoms with Crippen molar-refractivity contribution < 1.29 is 17.6 Å². The lowest BCUT2D eigenvalue weighted by Gasteiger charge is -2.12. The van der Waals surface area contributed by atoms with E-state index in [1.165, 1.54) is 18.2 Å². The molecule has 0 spiro atoms. The van der Waals surface area contributed by atoms with Crippen LogP contribution < -0.4 is 0 Å². The first kappa shape index (κ1) is 14.0. The highest BCUT2D eigenvalue weighted by Crippen LogP contribution is 2.36. The van der Waals surface area contributed by atoms with E-state index in [2.05, 4.69) is 4.98 Å². The average molecular weight is 280 g/mol. The Bertz CT molecular complexity index is 672. The van der Waals surface area contributed by atoms with Crippen LogP contribution >= 0.6 is 0 Å². The molecule has 0 saturated carbocycles. The van der Waals surface area contributed by atoms with Crippen molar-refractivity contribution in [2.45, 2.75) is 12.6 Å². The predicted molar refractivity (Wildman–Crippen MR) is 64.0 cm³/mol. The number of hydrogen-bond acceptors (Lipinski definition) is 2. The molecule has 0 aliphatic rings. The molecule has 0 amide bonds. The maximum absolute atomic E-state index is 13.7. The Labute approximate surface area is 112 Å². The van der Waals surface area contributed by atoms with E-state index in [0.717, 1.165) is 18.3 Å². The van der Waals surface area contributed by atoms with Crippen molar-refractivity contribution in [1.82, 2.24) is 4.98 Å². The van der Waals surface area contributed by atoms with Crippen molar-refractivity contribution in [1.29, 1.82) is 5.26 Å². The van der Waals surface area contributed by atoms with E-state index >= 15 is 0 Å². The standard InChI is InChI=1S/C14H8F4N2/c15-12-7-9(8-20-13(12)5-6-19)10-3-1-2-4-11(10)14(16,17)18/h1-4,7-8H,5H2. The summed E-state index contributed by atoms with van der Waals surface area (Å²) in [6, 6.07) is 7.58. The van der Waals surface area contributed by atoms with E-state index in [1.54, 1.807) is 6.07 Å². The molecule has 0 radical (unpaired) electrons. The van der Waals surface area contributed by atoms with Crippen molar-refractivity contribution in [3.8, 4) is 17.2 Å². The predicted octanol–water partition coefficient (Wildman–Crippen LogP) is 3.97. The van der Waals surface area contributed by atoms with Crippen LogP contribution in [0.1, 0.15) is 11.3 Å². The van der Waals surface area contributed by atoms with E-state index in [0.29, 0.717) is 0 Å². The molecular weight excluding hydrogens is 272 g/mol. The Hall–Kier alpha value is -2.42. The fourth-order valence-corrected chi connectivity index (χ4v) is 1.80. The summed E-state index contributed by atoms with van der Waals surface area (Å²) in [5.41, 5.74) is -1.05. The molecular formula is C14H8F4N2. The molecule has 0 bridgehead atoms. The number of pyridine rings is 1. The van der Waals surface area contributed by atoms with Crippen LogP contribution in [0.25, 0.3) is 11.1 Å².